The maximum absolute atomic E-state index is 14.5. The molecule has 0 bridgehead atoms. The first-order valence-corrected chi connectivity index (χ1v) is 16.4. The van der Waals surface area contributed by atoms with Crippen LogP contribution in [0.5, 0.6) is 0 Å². The van der Waals surface area contributed by atoms with Crippen LogP contribution in [0.1, 0.15) is 36.1 Å². The summed E-state index contributed by atoms with van der Waals surface area (Å²) in [5.74, 6) is -1.18. The van der Waals surface area contributed by atoms with Crippen molar-refractivity contribution in [3.05, 3.63) is 131 Å². The molecule has 0 aliphatic heterocycles. The minimum Gasteiger partial charge on any atom is -0.354 e. The summed E-state index contributed by atoms with van der Waals surface area (Å²) in [5.41, 5.74) is 3.61. The molecule has 0 fully saturated rings. The zero-order chi connectivity index (χ0) is 32.6. The Hall–Kier alpha value is -4.50. The molecular formula is C36H40FN3O4S. The smallest absolute Gasteiger partial charge is 0.264 e. The van der Waals surface area contributed by atoms with E-state index in [0.29, 0.717) is 17.8 Å². The third-order valence-electron chi connectivity index (χ3n) is 7.61. The molecule has 236 valence electrons. The first kappa shape index (κ1) is 33.4. The summed E-state index contributed by atoms with van der Waals surface area (Å²) in [4.78, 5) is 29.7. The molecule has 4 aromatic carbocycles. The Balaban J connectivity index is 1.80. The van der Waals surface area contributed by atoms with E-state index in [-0.39, 0.29) is 29.7 Å². The molecule has 0 saturated heterocycles. The molecule has 4 aromatic rings. The maximum Gasteiger partial charge on any atom is 0.264 e. The van der Waals surface area contributed by atoms with Gasteiger partial charge < -0.3 is 10.2 Å². The van der Waals surface area contributed by atoms with Gasteiger partial charge in [-0.2, -0.15) is 0 Å². The van der Waals surface area contributed by atoms with Crippen molar-refractivity contribution in [1.82, 2.24) is 10.2 Å². The number of halogens is 1. The van der Waals surface area contributed by atoms with E-state index in [0.717, 1.165) is 21.0 Å². The summed E-state index contributed by atoms with van der Waals surface area (Å²) in [5, 5.41) is 2.96. The average molecular weight is 630 g/mol. The molecule has 0 unspecified atom stereocenters. The monoisotopic (exact) mass is 629 g/mol. The number of nitrogens with one attached hydrogen (secondary N) is 1. The number of anilines is 1. The number of carbonyl (C=O) groups excluding carboxylic acids is 2. The van der Waals surface area contributed by atoms with Crippen molar-refractivity contribution in [1.29, 1.82) is 0 Å². The minimum absolute atomic E-state index is 0.0299. The molecule has 45 heavy (non-hydrogen) atoms. The van der Waals surface area contributed by atoms with Crippen LogP contribution < -0.4 is 9.62 Å². The van der Waals surface area contributed by atoms with Crippen molar-refractivity contribution in [3.63, 3.8) is 0 Å². The summed E-state index contributed by atoms with van der Waals surface area (Å²) in [6, 6.07) is 27.3. The highest BCUT2D eigenvalue weighted by Gasteiger charge is 2.34. The van der Waals surface area contributed by atoms with Crippen LogP contribution in [0, 0.1) is 25.6 Å². The van der Waals surface area contributed by atoms with Crippen molar-refractivity contribution < 1.29 is 22.4 Å². The number of aryl methyl sites for hydroxylation is 2. The molecule has 7 nitrogen and oxygen atoms in total. The van der Waals surface area contributed by atoms with Gasteiger partial charge in [0, 0.05) is 19.5 Å². The molecule has 1 N–H and O–H groups in total. The van der Waals surface area contributed by atoms with Crippen LogP contribution >= 0.6 is 0 Å². The highest BCUT2D eigenvalue weighted by molar-refractivity contribution is 7.92. The fraction of sp³-hybridized carbons (Fsp3) is 0.278. The summed E-state index contributed by atoms with van der Waals surface area (Å²) >= 11 is 0. The number of hydrogen-bond acceptors (Lipinski definition) is 4. The Morgan fingerprint density at radius 3 is 2.02 bits per heavy atom. The van der Waals surface area contributed by atoms with Gasteiger partial charge in [-0.25, -0.2) is 12.8 Å². The van der Waals surface area contributed by atoms with Crippen molar-refractivity contribution in [2.24, 2.45) is 5.92 Å². The minimum atomic E-state index is -4.18. The van der Waals surface area contributed by atoms with Crippen LogP contribution in [0.4, 0.5) is 10.1 Å². The van der Waals surface area contributed by atoms with E-state index in [1.165, 1.54) is 29.2 Å². The molecule has 0 radical (unpaired) electrons. The molecule has 0 aromatic heterocycles. The number of carbonyl (C=O) groups is 2. The van der Waals surface area contributed by atoms with E-state index in [4.69, 9.17) is 0 Å². The zero-order valence-electron chi connectivity index (χ0n) is 26.1. The van der Waals surface area contributed by atoms with Crippen LogP contribution in [-0.2, 0) is 32.6 Å². The molecule has 0 aliphatic rings. The second kappa shape index (κ2) is 15.0. The van der Waals surface area contributed by atoms with Gasteiger partial charge in [0.1, 0.15) is 18.4 Å². The van der Waals surface area contributed by atoms with Crippen molar-refractivity contribution in [3.8, 4) is 0 Å². The second-order valence-corrected chi connectivity index (χ2v) is 13.4. The van der Waals surface area contributed by atoms with Crippen LogP contribution in [-0.4, -0.2) is 44.3 Å². The Morgan fingerprint density at radius 1 is 0.800 bits per heavy atom. The van der Waals surface area contributed by atoms with Gasteiger partial charge in [-0.1, -0.05) is 80.6 Å². The van der Waals surface area contributed by atoms with Gasteiger partial charge >= 0.3 is 0 Å². The predicted molar refractivity (Wildman–Crippen MR) is 176 cm³/mol. The van der Waals surface area contributed by atoms with Gasteiger partial charge in [-0.05, 0) is 78.4 Å². The highest BCUT2D eigenvalue weighted by Crippen LogP contribution is 2.27. The molecule has 4 rings (SSSR count). The predicted octanol–water partition coefficient (Wildman–Crippen LogP) is 6.05. The first-order chi connectivity index (χ1) is 21.5. The van der Waals surface area contributed by atoms with E-state index in [2.05, 4.69) is 5.32 Å². The normalized spacial score (nSPS) is 12.0. The Kier molecular flexibility index (Phi) is 11.1. The molecule has 2 amide bonds. The van der Waals surface area contributed by atoms with Crippen molar-refractivity contribution in [2.45, 2.75) is 51.6 Å². The SMILES string of the molecule is Cc1ccc(N(CC(=O)N(Cc2ccc(F)cc2)[C@H](Cc2ccccc2)C(=O)NCC(C)C)S(=O)(=O)c2ccccc2)cc1C. The summed E-state index contributed by atoms with van der Waals surface area (Å²) in [6.07, 6.45) is 0.201. The number of nitrogens with zero attached hydrogens (tertiary/aromatic N) is 2. The lowest BCUT2D eigenvalue weighted by Crippen LogP contribution is -2.53. The number of hydrogen-bond donors (Lipinski definition) is 1. The quantitative estimate of drug-likeness (QED) is 0.195. The summed E-state index contributed by atoms with van der Waals surface area (Å²) in [6.45, 7) is 7.58. The van der Waals surface area contributed by atoms with Crippen LogP contribution in [0.25, 0.3) is 0 Å². The lowest BCUT2D eigenvalue weighted by Gasteiger charge is -2.34. The van der Waals surface area contributed by atoms with Gasteiger partial charge in [-0.3, -0.25) is 13.9 Å². The second-order valence-electron chi connectivity index (χ2n) is 11.6. The lowest BCUT2D eigenvalue weighted by atomic mass is 10.0. The van der Waals surface area contributed by atoms with Crippen LogP contribution in [0.15, 0.2) is 108 Å². The van der Waals surface area contributed by atoms with Gasteiger partial charge in [0.25, 0.3) is 10.0 Å². The zero-order valence-corrected chi connectivity index (χ0v) is 26.9. The number of rotatable bonds is 13. The van der Waals surface area contributed by atoms with E-state index >= 15 is 0 Å². The van der Waals surface area contributed by atoms with Crippen molar-refractivity contribution >= 4 is 27.5 Å². The standard InChI is InChI=1S/C36H40FN3O4S/c1-26(2)23-38-36(42)34(22-29-11-7-5-8-12-29)39(24-30-16-18-31(37)19-17-30)35(41)25-40(32-20-15-27(3)28(4)21-32)45(43,44)33-13-9-6-10-14-33/h5-21,26,34H,22-25H2,1-4H3,(H,38,42)/t34-/m1/s1. The number of sulfonamides is 1. The topological polar surface area (TPSA) is 86.8 Å². The van der Waals surface area contributed by atoms with Gasteiger partial charge in [-0.15, -0.1) is 0 Å². The van der Waals surface area contributed by atoms with Crippen LogP contribution in [0.3, 0.4) is 0 Å². The molecule has 1 atom stereocenters. The Morgan fingerprint density at radius 2 is 1.42 bits per heavy atom. The molecule has 0 spiro atoms. The maximum atomic E-state index is 14.5. The molecule has 9 heteroatoms. The summed E-state index contributed by atoms with van der Waals surface area (Å²) in [7, 11) is -4.18. The highest BCUT2D eigenvalue weighted by atomic mass is 32.2. The molecular weight excluding hydrogens is 589 g/mol. The fourth-order valence-corrected chi connectivity index (χ4v) is 6.32. The van der Waals surface area contributed by atoms with E-state index < -0.39 is 34.3 Å². The largest absolute Gasteiger partial charge is 0.354 e. The number of benzene rings is 4. The first-order valence-electron chi connectivity index (χ1n) is 15.0. The van der Waals surface area contributed by atoms with Gasteiger partial charge in [0.2, 0.25) is 11.8 Å². The molecule has 0 aliphatic carbocycles. The van der Waals surface area contributed by atoms with Crippen molar-refractivity contribution in [2.75, 3.05) is 17.4 Å². The van der Waals surface area contributed by atoms with Gasteiger partial charge in [0.05, 0.1) is 10.6 Å². The Labute approximate surface area is 265 Å². The molecule has 0 heterocycles. The van der Waals surface area contributed by atoms with Gasteiger partial charge in [0.15, 0.2) is 0 Å². The number of amides is 2. The summed E-state index contributed by atoms with van der Waals surface area (Å²) < 4.78 is 43.1. The van der Waals surface area contributed by atoms with E-state index in [1.54, 1.807) is 42.5 Å². The van der Waals surface area contributed by atoms with E-state index in [9.17, 15) is 22.4 Å². The third-order valence-corrected chi connectivity index (χ3v) is 9.40. The molecule has 0 saturated carbocycles. The Bertz CT molecular complexity index is 1700. The average Bonchev–Trinajstić information content (AvgIpc) is 3.03. The third kappa shape index (κ3) is 8.79. The lowest BCUT2D eigenvalue weighted by molar-refractivity contribution is -0.140. The van der Waals surface area contributed by atoms with E-state index in [1.807, 2.05) is 64.1 Å². The van der Waals surface area contributed by atoms with Crippen LogP contribution in [0.2, 0.25) is 0 Å². The fourth-order valence-electron chi connectivity index (χ4n) is 4.89.